The molecule has 2 amide bonds. The van der Waals surface area contributed by atoms with Gasteiger partial charge in [-0.3, -0.25) is 9.80 Å². The molecule has 1 fully saturated rings. The maximum absolute atomic E-state index is 13.3. The van der Waals surface area contributed by atoms with Crippen LogP contribution in [0, 0.1) is 0 Å². The lowest BCUT2D eigenvalue weighted by Crippen LogP contribution is -2.68. The number of fused-ring (bicyclic) bond motifs is 6. The number of allylic oxidation sites excluding steroid dienone is 4. The third kappa shape index (κ3) is 4.39. The molecular formula is C28H26N2O4. The smallest absolute Gasteiger partial charge is 0.411 e. The Morgan fingerprint density at radius 2 is 0.882 bits per heavy atom. The minimum Gasteiger partial charge on any atom is -0.445 e. The first-order valence-corrected chi connectivity index (χ1v) is 11.4. The van der Waals surface area contributed by atoms with E-state index in [4.69, 9.17) is 9.47 Å². The van der Waals surface area contributed by atoms with Crippen LogP contribution >= 0.6 is 0 Å². The van der Waals surface area contributed by atoms with Gasteiger partial charge in [-0.1, -0.05) is 109 Å². The van der Waals surface area contributed by atoms with E-state index < -0.39 is 12.2 Å². The molecule has 0 unspecified atom stereocenters. The Balaban J connectivity index is 1.39. The lowest BCUT2D eigenvalue weighted by Gasteiger charge is -2.51. The summed E-state index contributed by atoms with van der Waals surface area (Å²) < 4.78 is 11.4. The van der Waals surface area contributed by atoms with Gasteiger partial charge in [-0.15, -0.1) is 0 Å². The van der Waals surface area contributed by atoms with Crippen molar-refractivity contribution in [2.24, 2.45) is 0 Å². The molecule has 34 heavy (non-hydrogen) atoms. The summed E-state index contributed by atoms with van der Waals surface area (Å²) in [7, 11) is 0. The van der Waals surface area contributed by atoms with Gasteiger partial charge in [0.05, 0.1) is 24.2 Å². The third-order valence-electron chi connectivity index (χ3n) is 6.27. The Kier molecular flexibility index (Phi) is 6.29. The van der Waals surface area contributed by atoms with Gasteiger partial charge in [-0.25, -0.2) is 9.59 Å². The normalized spacial score (nSPS) is 24.4. The Morgan fingerprint density at radius 3 is 1.21 bits per heavy atom. The molecule has 2 aromatic carbocycles. The van der Waals surface area contributed by atoms with Crippen LogP contribution in [0.3, 0.4) is 0 Å². The lowest BCUT2D eigenvalue weighted by molar-refractivity contribution is -0.00590. The van der Waals surface area contributed by atoms with Crippen LogP contribution in [0.1, 0.15) is 11.1 Å². The minimum absolute atomic E-state index is 0.187. The van der Waals surface area contributed by atoms with Gasteiger partial charge in [-0.05, 0) is 11.1 Å². The van der Waals surface area contributed by atoms with Crippen LogP contribution in [0.2, 0.25) is 0 Å². The number of rotatable bonds is 4. The Labute approximate surface area is 199 Å². The average molecular weight is 455 g/mol. The number of amides is 2. The Hall–Kier alpha value is -4.06. The van der Waals surface area contributed by atoms with E-state index in [2.05, 4.69) is 0 Å². The fourth-order valence-electron chi connectivity index (χ4n) is 4.67. The van der Waals surface area contributed by atoms with Crippen molar-refractivity contribution in [2.45, 2.75) is 37.4 Å². The first kappa shape index (κ1) is 21.8. The molecular weight excluding hydrogens is 428 g/mol. The quantitative estimate of drug-likeness (QED) is 0.652. The molecule has 0 radical (unpaired) electrons. The molecule has 6 nitrogen and oxygen atoms in total. The number of hydrogen-bond acceptors (Lipinski definition) is 4. The molecule has 3 aliphatic rings. The van der Waals surface area contributed by atoms with Crippen LogP contribution in [-0.4, -0.2) is 46.2 Å². The molecule has 5 rings (SSSR count). The van der Waals surface area contributed by atoms with Gasteiger partial charge < -0.3 is 9.47 Å². The van der Waals surface area contributed by atoms with Crippen molar-refractivity contribution >= 4 is 12.2 Å². The molecule has 3 heterocycles. The van der Waals surface area contributed by atoms with Crippen LogP contribution in [-0.2, 0) is 22.7 Å². The van der Waals surface area contributed by atoms with E-state index >= 15 is 0 Å². The molecule has 0 saturated carbocycles. The topological polar surface area (TPSA) is 59.1 Å². The van der Waals surface area contributed by atoms with E-state index in [0.29, 0.717) is 0 Å². The van der Waals surface area contributed by atoms with E-state index in [1.807, 2.05) is 109 Å². The Morgan fingerprint density at radius 1 is 0.559 bits per heavy atom. The highest BCUT2D eigenvalue weighted by Gasteiger charge is 2.50. The van der Waals surface area contributed by atoms with E-state index in [1.165, 1.54) is 0 Å². The predicted molar refractivity (Wildman–Crippen MR) is 129 cm³/mol. The van der Waals surface area contributed by atoms with Gasteiger partial charge in [0.25, 0.3) is 0 Å². The summed E-state index contributed by atoms with van der Waals surface area (Å²) in [4.78, 5) is 30.1. The number of carbonyl (C=O) groups is 2. The molecule has 0 N–H and O–H groups in total. The van der Waals surface area contributed by atoms with Gasteiger partial charge >= 0.3 is 12.2 Å². The number of hydrogen-bond donors (Lipinski definition) is 0. The molecule has 0 aromatic heterocycles. The highest BCUT2D eigenvalue weighted by molar-refractivity contribution is 5.74. The average Bonchev–Trinajstić information content (AvgIpc) is 3.17. The fourth-order valence-corrected chi connectivity index (χ4v) is 4.67. The number of piperazine rings is 1. The summed E-state index contributed by atoms with van der Waals surface area (Å²) in [5, 5.41) is 0. The van der Waals surface area contributed by atoms with Crippen molar-refractivity contribution in [3.8, 4) is 0 Å². The standard InChI is InChI=1S/C28H26N2O4/c31-27(33-19-21-11-3-1-4-12-21)29-23-15-7-8-16-24(29)26-18-10-9-17-25(23)30(26)28(32)34-20-22-13-5-2-6-14-22/h1-18,23-26H,19-20H2/t23-,24-,25-,26+/m0/s1. The lowest BCUT2D eigenvalue weighted by atomic mass is 9.93. The molecule has 3 aliphatic heterocycles. The first-order valence-electron chi connectivity index (χ1n) is 11.4. The van der Waals surface area contributed by atoms with E-state index in [1.54, 1.807) is 9.80 Å². The molecule has 6 heteroatoms. The second-order valence-corrected chi connectivity index (χ2v) is 8.40. The van der Waals surface area contributed by atoms with Gasteiger partial charge in [0.15, 0.2) is 0 Å². The number of nitrogens with zero attached hydrogens (tertiary/aromatic N) is 2. The van der Waals surface area contributed by atoms with Crippen molar-refractivity contribution in [1.82, 2.24) is 9.80 Å². The fraction of sp³-hybridized carbons (Fsp3) is 0.214. The molecule has 2 aromatic rings. The third-order valence-corrected chi connectivity index (χ3v) is 6.27. The number of carbonyl (C=O) groups excluding carboxylic acids is 2. The zero-order chi connectivity index (χ0) is 23.3. The van der Waals surface area contributed by atoms with Crippen LogP contribution in [0.5, 0.6) is 0 Å². The van der Waals surface area contributed by atoms with Crippen LogP contribution in [0.4, 0.5) is 9.59 Å². The van der Waals surface area contributed by atoms with Crippen molar-refractivity contribution in [2.75, 3.05) is 0 Å². The highest BCUT2D eigenvalue weighted by Crippen LogP contribution is 2.34. The zero-order valence-electron chi connectivity index (χ0n) is 18.6. The number of ether oxygens (including phenoxy) is 2. The van der Waals surface area contributed by atoms with Crippen molar-refractivity contribution in [3.63, 3.8) is 0 Å². The second-order valence-electron chi connectivity index (χ2n) is 8.40. The molecule has 4 atom stereocenters. The first-order chi connectivity index (χ1) is 16.7. The summed E-state index contributed by atoms with van der Waals surface area (Å²) in [5.74, 6) is 0. The largest absolute Gasteiger partial charge is 0.445 e. The molecule has 1 saturated heterocycles. The SMILES string of the molecule is O=C(OCc1ccccc1)N1[C@@H]2C=CC=C[C@H]1[C@@H]1C=CC=C[C@@H]2N1C(=O)OCc1ccccc1. The summed E-state index contributed by atoms with van der Waals surface area (Å²) >= 11 is 0. The summed E-state index contributed by atoms with van der Waals surface area (Å²) in [6, 6.07) is 17.6. The summed E-state index contributed by atoms with van der Waals surface area (Å²) in [5.41, 5.74) is 1.84. The Bertz CT molecular complexity index is 1010. The number of benzene rings is 2. The van der Waals surface area contributed by atoms with Crippen molar-refractivity contribution in [1.29, 1.82) is 0 Å². The van der Waals surface area contributed by atoms with Crippen LogP contribution in [0.25, 0.3) is 0 Å². The highest BCUT2D eigenvalue weighted by atomic mass is 16.6. The molecule has 4 bridgehead atoms. The molecule has 172 valence electrons. The zero-order valence-corrected chi connectivity index (χ0v) is 18.6. The van der Waals surface area contributed by atoms with Crippen LogP contribution in [0.15, 0.2) is 109 Å². The van der Waals surface area contributed by atoms with Gasteiger partial charge in [-0.2, -0.15) is 0 Å². The summed E-state index contributed by atoms with van der Waals surface area (Å²) in [6.45, 7) is 0.375. The van der Waals surface area contributed by atoms with Crippen LogP contribution < -0.4 is 0 Å². The minimum atomic E-state index is -0.411. The molecule has 0 aliphatic carbocycles. The van der Waals surface area contributed by atoms with Gasteiger partial charge in [0, 0.05) is 0 Å². The maximum Gasteiger partial charge on any atom is 0.411 e. The van der Waals surface area contributed by atoms with Gasteiger partial charge in [0.2, 0.25) is 0 Å². The second kappa shape index (κ2) is 9.83. The van der Waals surface area contributed by atoms with Gasteiger partial charge in [0.1, 0.15) is 13.2 Å². The maximum atomic E-state index is 13.3. The predicted octanol–water partition coefficient (Wildman–Crippen LogP) is 5.00. The van der Waals surface area contributed by atoms with E-state index in [0.717, 1.165) is 11.1 Å². The summed E-state index contributed by atoms with van der Waals surface area (Å²) in [6.07, 6.45) is 14.6. The van der Waals surface area contributed by atoms with Crippen molar-refractivity contribution in [3.05, 3.63) is 120 Å². The van der Waals surface area contributed by atoms with E-state index in [9.17, 15) is 9.59 Å². The van der Waals surface area contributed by atoms with Crippen molar-refractivity contribution < 1.29 is 19.1 Å². The van der Waals surface area contributed by atoms with E-state index in [-0.39, 0.29) is 37.4 Å². The monoisotopic (exact) mass is 454 g/mol. The molecule has 0 spiro atoms.